The number of nitrogen functional groups attached to an aromatic ring is 1. The Balaban J connectivity index is 1.82. The van der Waals surface area contributed by atoms with Crippen molar-refractivity contribution in [2.75, 3.05) is 16.4 Å². The Morgan fingerprint density at radius 1 is 1.32 bits per heavy atom. The summed E-state index contributed by atoms with van der Waals surface area (Å²) in [7, 11) is 0. The van der Waals surface area contributed by atoms with Crippen LogP contribution in [0.1, 0.15) is 18.4 Å². The van der Waals surface area contributed by atoms with E-state index in [1.54, 1.807) is 12.4 Å². The van der Waals surface area contributed by atoms with Crippen LogP contribution in [0, 0.1) is 6.92 Å². The molecule has 98 valence electrons. The zero-order valence-corrected chi connectivity index (χ0v) is 10.7. The summed E-state index contributed by atoms with van der Waals surface area (Å²) in [6.07, 6.45) is 5.87. The maximum Gasteiger partial charge on any atom is 0.229 e. The van der Waals surface area contributed by atoms with E-state index in [1.807, 2.05) is 19.1 Å². The third-order valence-corrected chi connectivity index (χ3v) is 2.97. The van der Waals surface area contributed by atoms with Gasteiger partial charge in [0.15, 0.2) is 0 Å². The molecule has 1 aliphatic carbocycles. The monoisotopic (exact) mass is 256 g/mol. The minimum Gasteiger partial charge on any atom is -0.382 e. The van der Waals surface area contributed by atoms with Crippen LogP contribution >= 0.6 is 0 Å². The Kier molecular flexibility index (Phi) is 2.91. The lowest BCUT2D eigenvalue weighted by atomic mass is 10.3. The standard InChI is InChI=1S/C13H16N6/c1-8-7-16-13(19-12(8)17-9-4-5-9)18-10-3-2-6-15-11(10)14/h2-3,6-7,9H,4-5H2,1H3,(H2,14,15)(H2,16,17,18,19). The molecule has 2 aromatic heterocycles. The molecular formula is C13H16N6. The summed E-state index contributed by atoms with van der Waals surface area (Å²) >= 11 is 0. The summed E-state index contributed by atoms with van der Waals surface area (Å²) in [5, 5.41) is 6.47. The van der Waals surface area contributed by atoms with Crippen molar-refractivity contribution in [2.24, 2.45) is 0 Å². The predicted octanol–water partition coefficient (Wildman–Crippen LogP) is 2.08. The van der Waals surface area contributed by atoms with Crippen LogP contribution < -0.4 is 16.4 Å². The second kappa shape index (κ2) is 4.72. The Bertz CT molecular complexity index is 593. The van der Waals surface area contributed by atoms with Gasteiger partial charge in [-0.15, -0.1) is 0 Å². The van der Waals surface area contributed by atoms with Gasteiger partial charge in [-0.05, 0) is 31.9 Å². The summed E-state index contributed by atoms with van der Waals surface area (Å²) in [6, 6.07) is 4.22. The normalized spacial score (nSPS) is 14.2. The first kappa shape index (κ1) is 11.7. The minimum absolute atomic E-state index is 0.434. The van der Waals surface area contributed by atoms with E-state index in [0.717, 1.165) is 11.4 Å². The number of nitrogens with one attached hydrogen (secondary N) is 2. The molecule has 1 fully saturated rings. The van der Waals surface area contributed by atoms with E-state index in [0.29, 0.717) is 23.5 Å². The van der Waals surface area contributed by atoms with Crippen LogP contribution in [0.15, 0.2) is 24.5 Å². The molecule has 4 N–H and O–H groups in total. The molecule has 0 saturated heterocycles. The summed E-state index contributed by atoms with van der Waals surface area (Å²) in [6.45, 7) is 1.99. The van der Waals surface area contributed by atoms with Gasteiger partial charge >= 0.3 is 0 Å². The minimum atomic E-state index is 0.434. The van der Waals surface area contributed by atoms with Gasteiger partial charge in [0, 0.05) is 24.0 Å². The lowest BCUT2D eigenvalue weighted by Gasteiger charge is -2.10. The van der Waals surface area contributed by atoms with Crippen LogP contribution in [0.5, 0.6) is 0 Å². The fourth-order valence-corrected chi connectivity index (χ4v) is 1.71. The van der Waals surface area contributed by atoms with Gasteiger partial charge < -0.3 is 16.4 Å². The molecule has 0 aliphatic heterocycles. The third-order valence-electron chi connectivity index (χ3n) is 2.97. The van der Waals surface area contributed by atoms with Gasteiger partial charge in [-0.3, -0.25) is 0 Å². The first-order valence-corrected chi connectivity index (χ1v) is 6.30. The second-order valence-electron chi connectivity index (χ2n) is 4.71. The fraction of sp³-hybridized carbons (Fsp3) is 0.308. The number of aryl methyl sites for hydroxylation is 1. The number of hydrogen-bond acceptors (Lipinski definition) is 6. The number of anilines is 4. The fourth-order valence-electron chi connectivity index (χ4n) is 1.71. The maximum absolute atomic E-state index is 5.78. The number of pyridine rings is 1. The number of aromatic nitrogens is 3. The molecule has 2 aromatic rings. The van der Waals surface area contributed by atoms with Crippen molar-refractivity contribution in [3.8, 4) is 0 Å². The van der Waals surface area contributed by atoms with Crippen LogP contribution in [0.2, 0.25) is 0 Å². The molecule has 19 heavy (non-hydrogen) atoms. The number of nitrogens with two attached hydrogens (primary N) is 1. The Morgan fingerprint density at radius 2 is 2.16 bits per heavy atom. The number of nitrogens with zero attached hydrogens (tertiary/aromatic N) is 3. The van der Waals surface area contributed by atoms with Crippen molar-refractivity contribution in [1.82, 2.24) is 15.0 Å². The first-order chi connectivity index (χ1) is 9.22. The Labute approximate surface area is 111 Å². The second-order valence-corrected chi connectivity index (χ2v) is 4.71. The summed E-state index contributed by atoms with van der Waals surface area (Å²) in [5.41, 5.74) is 7.53. The molecule has 0 atom stereocenters. The van der Waals surface area contributed by atoms with Crippen molar-refractivity contribution in [3.63, 3.8) is 0 Å². The molecule has 6 heteroatoms. The van der Waals surface area contributed by atoms with Crippen molar-refractivity contribution < 1.29 is 0 Å². The molecule has 0 spiro atoms. The molecule has 6 nitrogen and oxygen atoms in total. The van der Waals surface area contributed by atoms with Crippen LogP contribution in [-0.2, 0) is 0 Å². The highest BCUT2D eigenvalue weighted by molar-refractivity contribution is 5.66. The zero-order valence-electron chi connectivity index (χ0n) is 10.7. The molecule has 0 aromatic carbocycles. The molecule has 1 aliphatic rings. The average Bonchev–Trinajstić information content (AvgIpc) is 3.20. The molecule has 3 rings (SSSR count). The van der Waals surface area contributed by atoms with Crippen LogP contribution in [0.4, 0.5) is 23.3 Å². The lowest BCUT2D eigenvalue weighted by Crippen LogP contribution is -2.08. The number of hydrogen-bond donors (Lipinski definition) is 3. The summed E-state index contributed by atoms with van der Waals surface area (Å²) in [5.74, 6) is 1.83. The van der Waals surface area contributed by atoms with E-state index in [1.165, 1.54) is 12.8 Å². The predicted molar refractivity (Wildman–Crippen MR) is 75.3 cm³/mol. The maximum atomic E-state index is 5.78. The molecular weight excluding hydrogens is 240 g/mol. The highest BCUT2D eigenvalue weighted by atomic mass is 15.2. The molecule has 0 radical (unpaired) electrons. The highest BCUT2D eigenvalue weighted by Gasteiger charge is 2.22. The van der Waals surface area contributed by atoms with Gasteiger partial charge in [-0.25, -0.2) is 9.97 Å². The summed E-state index contributed by atoms with van der Waals surface area (Å²) in [4.78, 5) is 12.7. The van der Waals surface area contributed by atoms with E-state index < -0.39 is 0 Å². The van der Waals surface area contributed by atoms with Crippen molar-refractivity contribution >= 4 is 23.3 Å². The van der Waals surface area contributed by atoms with E-state index >= 15 is 0 Å². The van der Waals surface area contributed by atoms with Gasteiger partial charge in [-0.2, -0.15) is 4.98 Å². The van der Waals surface area contributed by atoms with Crippen LogP contribution in [0.25, 0.3) is 0 Å². The molecule has 0 amide bonds. The quantitative estimate of drug-likeness (QED) is 0.776. The molecule has 2 heterocycles. The van der Waals surface area contributed by atoms with Crippen molar-refractivity contribution in [3.05, 3.63) is 30.1 Å². The molecule has 0 bridgehead atoms. The van der Waals surface area contributed by atoms with Gasteiger partial charge in [0.1, 0.15) is 11.6 Å². The summed E-state index contributed by atoms with van der Waals surface area (Å²) < 4.78 is 0. The average molecular weight is 256 g/mol. The van der Waals surface area contributed by atoms with E-state index in [-0.39, 0.29) is 0 Å². The van der Waals surface area contributed by atoms with Gasteiger partial charge in [-0.1, -0.05) is 0 Å². The number of rotatable bonds is 4. The Morgan fingerprint density at radius 3 is 2.89 bits per heavy atom. The topological polar surface area (TPSA) is 88.8 Å². The van der Waals surface area contributed by atoms with E-state index in [2.05, 4.69) is 25.6 Å². The third kappa shape index (κ3) is 2.73. The lowest BCUT2D eigenvalue weighted by molar-refractivity contribution is 1.06. The van der Waals surface area contributed by atoms with Gasteiger partial charge in [0.2, 0.25) is 5.95 Å². The van der Waals surface area contributed by atoms with E-state index in [4.69, 9.17) is 5.73 Å². The van der Waals surface area contributed by atoms with Crippen LogP contribution in [0.3, 0.4) is 0 Å². The molecule has 1 saturated carbocycles. The van der Waals surface area contributed by atoms with Gasteiger partial charge in [0.05, 0.1) is 5.69 Å². The SMILES string of the molecule is Cc1cnc(Nc2cccnc2N)nc1NC1CC1. The smallest absolute Gasteiger partial charge is 0.229 e. The largest absolute Gasteiger partial charge is 0.382 e. The van der Waals surface area contributed by atoms with Crippen molar-refractivity contribution in [1.29, 1.82) is 0 Å². The first-order valence-electron chi connectivity index (χ1n) is 6.30. The van der Waals surface area contributed by atoms with E-state index in [9.17, 15) is 0 Å². The van der Waals surface area contributed by atoms with Crippen LogP contribution in [-0.4, -0.2) is 21.0 Å². The highest BCUT2D eigenvalue weighted by Crippen LogP contribution is 2.26. The van der Waals surface area contributed by atoms with Gasteiger partial charge in [0.25, 0.3) is 0 Å². The molecule has 0 unspecified atom stereocenters. The van der Waals surface area contributed by atoms with Crippen molar-refractivity contribution in [2.45, 2.75) is 25.8 Å². The Hall–Kier alpha value is -2.37. The zero-order chi connectivity index (χ0) is 13.2.